The van der Waals surface area contributed by atoms with Crippen molar-refractivity contribution in [3.63, 3.8) is 0 Å². The van der Waals surface area contributed by atoms with Crippen LogP contribution >= 0.6 is 11.3 Å². The van der Waals surface area contributed by atoms with Crippen LogP contribution in [-0.2, 0) is 16.1 Å². The topological polar surface area (TPSA) is 124 Å². The van der Waals surface area contributed by atoms with Crippen LogP contribution in [0.2, 0.25) is 0 Å². The van der Waals surface area contributed by atoms with Crippen LogP contribution in [-0.4, -0.2) is 60.8 Å². The lowest BCUT2D eigenvalue weighted by Gasteiger charge is -2.28. The highest BCUT2D eigenvalue weighted by atomic mass is 32.1. The average molecular weight is 460 g/mol. The molecule has 3 heterocycles. The summed E-state index contributed by atoms with van der Waals surface area (Å²) in [5.41, 5.74) is 0.387. The number of aryl methyl sites for hydroxylation is 1. The van der Waals surface area contributed by atoms with Gasteiger partial charge in [-0.15, -0.1) is 11.3 Å². The predicted octanol–water partition coefficient (Wildman–Crippen LogP) is 3.47. The molecule has 0 amide bonds. The molecule has 1 saturated carbocycles. The van der Waals surface area contributed by atoms with E-state index in [1.807, 2.05) is 11.8 Å². The molecule has 172 valence electrons. The summed E-state index contributed by atoms with van der Waals surface area (Å²) in [6, 6.07) is 1.75. The van der Waals surface area contributed by atoms with Crippen molar-refractivity contribution in [3.8, 4) is 0 Å². The van der Waals surface area contributed by atoms with Gasteiger partial charge in [-0.05, 0) is 51.1 Å². The molecule has 8 nitrogen and oxygen atoms in total. The number of carboxylic acid groups (broad SMARTS) is 2. The van der Waals surface area contributed by atoms with Crippen LogP contribution in [0.5, 0.6) is 0 Å². The number of aromatic nitrogens is 2. The third-order valence-electron chi connectivity index (χ3n) is 6.59. The molecular formula is C23H29N3O5S. The van der Waals surface area contributed by atoms with E-state index in [-0.39, 0.29) is 0 Å². The van der Waals surface area contributed by atoms with Gasteiger partial charge in [-0.3, -0.25) is 4.90 Å². The summed E-state index contributed by atoms with van der Waals surface area (Å²) in [5.74, 6) is -1.52. The van der Waals surface area contributed by atoms with Gasteiger partial charge in [0, 0.05) is 28.9 Å². The molecule has 1 aliphatic heterocycles. The summed E-state index contributed by atoms with van der Waals surface area (Å²) in [5, 5.41) is 30.2. The van der Waals surface area contributed by atoms with Crippen LogP contribution in [0.15, 0.2) is 17.7 Å². The van der Waals surface area contributed by atoms with Crippen molar-refractivity contribution in [1.29, 1.82) is 0 Å². The van der Waals surface area contributed by atoms with Gasteiger partial charge in [-0.25, -0.2) is 19.6 Å². The van der Waals surface area contributed by atoms with Crippen LogP contribution in [0.25, 0.3) is 10.2 Å². The Kier molecular flexibility index (Phi) is 6.88. The summed E-state index contributed by atoms with van der Waals surface area (Å²) in [4.78, 5) is 36.3. The Bertz CT molecular complexity index is 1040. The summed E-state index contributed by atoms with van der Waals surface area (Å²) >= 11 is 1.74. The van der Waals surface area contributed by atoms with E-state index in [0.717, 1.165) is 22.3 Å². The summed E-state index contributed by atoms with van der Waals surface area (Å²) in [6.07, 6.45) is 6.85. The molecule has 0 aromatic carbocycles. The molecule has 2 aromatic heterocycles. The fraction of sp³-hybridized carbons (Fsp3) is 0.565. The number of likely N-dealkylation sites (tertiary alicyclic amines) is 1. The van der Waals surface area contributed by atoms with E-state index in [9.17, 15) is 19.8 Å². The minimum absolute atomic E-state index is 0.461. The van der Waals surface area contributed by atoms with E-state index < -0.39 is 29.7 Å². The van der Waals surface area contributed by atoms with Gasteiger partial charge < -0.3 is 15.3 Å². The van der Waals surface area contributed by atoms with Crippen LogP contribution < -0.4 is 0 Å². The van der Waals surface area contributed by atoms with Gasteiger partial charge in [0.2, 0.25) is 0 Å². The first-order valence-corrected chi connectivity index (χ1v) is 12.0. The molecule has 4 rings (SSSR count). The van der Waals surface area contributed by atoms with E-state index in [1.165, 1.54) is 37.0 Å². The predicted molar refractivity (Wildman–Crippen MR) is 121 cm³/mol. The highest BCUT2D eigenvalue weighted by Gasteiger charge is 2.36. The number of thiophene rings is 1. The number of fused-ring (bicyclic) bond motifs is 1. The molecule has 1 unspecified atom stereocenters. The van der Waals surface area contributed by atoms with Gasteiger partial charge in [0.15, 0.2) is 0 Å². The zero-order valence-electron chi connectivity index (χ0n) is 18.2. The van der Waals surface area contributed by atoms with Crippen LogP contribution in [0.3, 0.4) is 0 Å². The van der Waals surface area contributed by atoms with Crippen molar-refractivity contribution < 1.29 is 24.9 Å². The summed E-state index contributed by atoms with van der Waals surface area (Å²) in [7, 11) is 0. The fourth-order valence-electron chi connectivity index (χ4n) is 5.04. The number of nitrogens with zero attached hydrogens (tertiary/aromatic N) is 3. The lowest BCUT2D eigenvalue weighted by atomic mass is 9.88. The second-order valence-electron chi connectivity index (χ2n) is 8.79. The quantitative estimate of drug-likeness (QED) is 0.538. The second-order valence-corrected chi connectivity index (χ2v) is 9.85. The molecular weight excluding hydrogens is 430 g/mol. The van der Waals surface area contributed by atoms with Crippen molar-refractivity contribution in [2.75, 3.05) is 6.54 Å². The Labute approximate surface area is 190 Å². The minimum atomic E-state index is -1.41. The zero-order valence-corrected chi connectivity index (χ0v) is 19.0. The van der Waals surface area contributed by atoms with Gasteiger partial charge in [0.05, 0.1) is 11.3 Å². The smallest absolute Gasteiger partial charge is 0.334 e. The van der Waals surface area contributed by atoms with Crippen LogP contribution in [0.1, 0.15) is 67.3 Å². The largest absolute Gasteiger partial charge is 0.478 e. The van der Waals surface area contributed by atoms with E-state index in [1.54, 1.807) is 11.3 Å². The molecule has 2 aromatic rings. The minimum Gasteiger partial charge on any atom is -0.478 e. The van der Waals surface area contributed by atoms with Gasteiger partial charge in [0.1, 0.15) is 16.8 Å². The molecule has 3 N–H and O–H groups in total. The van der Waals surface area contributed by atoms with Crippen molar-refractivity contribution in [2.24, 2.45) is 0 Å². The Morgan fingerprint density at radius 3 is 2.62 bits per heavy atom. The number of hydrogen-bond donors (Lipinski definition) is 3. The summed E-state index contributed by atoms with van der Waals surface area (Å²) < 4.78 is 0. The van der Waals surface area contributed by atoms with Crippen molar-refractivity contribution in [2.45, 2.75) is 76.5 Å². The molecule has 0 bridgehead atoms. The third-order valence-corrected chi connectivity index (χ3v) is 7.78. The average Bonchev–Trinajstić information content (AvgIpc) is 3.39. The number of carboxylic acids is 2. The van der Waals surface area contributed by atoms with E-state index in [0.29, 0.717) is 37.3 Å². The van der Waals surface area contributed by atoms with Gasteiger partial charge >= 0.3 is 11.9 Å². The van der Waals surface area contributed by atoms with Gasteiger partial charge in [0.25, 0.3) is 0 Å². The highest BCUT2D eigenvalue weighted by Crippen LogP contribution is 2.39. The van der Waals surface area contributed by atoms with E-state index >= 15 is 0 Å². The van der Waals surface area contributed by atoms with Crippen molar-refractivity contribution in [3.05, 3.63) is 34.1 Å². The fourth-order valence-corrected chi connectivity index (χ4v) is 6.31. The normalized spacial score (nSPS) is 21.8. The first-order chi connectivity index (χ1) is 15.3. The van der Waals surface area contributed by atoms with Gasteiger partial charge in [-0.2, -0.15) is 0 Å². The Balaban J connectivity index is 1.61. The molecule has 1 aliphatic carbocycles. The molecule has 0 radical (unpaired) electrons. The molecule has 9 heteroatoms. The van der Waals surface area contributed by atoms with E-state index in [4.69, 9.17) is 10.1 Å². The maximum absolute atomic E-state index is 11.5. The SMILES string of the molecule is Cc1nc(CN2CCC[C@H]2C(O)C(=CC(=O)O)C(=O)O)c2cc(C3CCCCC3)sc2n1. The number of hydrogen-bond acceptors (Lipinski definition) is 7. The number of aliphatic carboxylic acids is 2. The summed E-state index contributed by atoms with van der Waals surface area (Å²) in [6.45, 7) is 3.02. The second kappa shape index (κ2) is 9.64. The monoisotopic (exact) mass is 459 g/mol. The Hall–Kier alpha value is -2.36. The third kappa shape index (κ3) is 4.84. The number of aliphatic hydroxyl groups is 1. The number of aliphatic hydroxyl groups excluding tert-OH is 1. The molecule has 0 spiro atoms. The van der Waals surface area contributed by atoms with Crippen LogP contribution in [0.4, 0.5) is 0 Å². The van der Waals surface area contributed by atoms with E-state index in [2.05, 4.69) is 11.1 Å². The molecule has 2 fully saturated rings. The standard InChI is InChI=1S/C23H29N3O5S/c1-13-24-17(15-10-19(32-22(15)25-13)14-6-3-2-4-7-14)12-26-9-5-8-18(26)21(29)16(23(30)31)11-20(27)28/h10-11,14,18,21,29H,2-9,12H2,1H3,(H,27,28)(H,30,31)/t18-,21?/m0/s1. The maximum Gasteiger partial charge on any atom is 0.334 e. The molecule has 2 atom stereocenters. The Morgan fingerprint density at radius 2 is 1.94 bits per heavy atom. The van der Waals surface area contributed by atoms with Crippen molar-refractivity contribution >= 4 is 33.5 Å². The molecule has 1 saturated heterocycles. The first kappa shape index (κ1) is 22.8. The zero-order chi connectivity index (χ0) is 22.8. The lowest BCUT2D eigenvalue weighted by molar-refractivity contribution is -0.136. The molecule has 2 aliphatic rings. The van der Waals surface area contributed by atoms with Crippen molar-refractivity contribution in [1.82, 2.24) is 14.9 Å². The Morgan fingerprint density at radius 1 is 1.19 bits per heavy atom. The lowest BCUT2D eigenvalue weighted by Crippen LogP contribution is -2.41. The number of rotatable bonds is 7. The highest BCUT2D eigenvalue weighted by molar-refractivity contribution is 7.18. The first-order valence-electron chi connectivity index (χ1n) is 11.2. The maximum atomic E-state index is 11.5. The number of carbonyl (C=O) groups is 2. The molecule has 32 heavy (non-hydrogen) atoms. The van der Waals surface area contributed by atoms with Gasteiger partial charge in [-0.1, -0.05) is 19.3 Å². The van der Waals surface area contributed by atoms with Crippen LogP contribution in [0, 0.1) is 6.92 Å².